The number of nitrogens with one attached hydrogen (secondary N) is 1. The van der Waals surface area contributed by atoms with E-state index in [-0.39, 0.29) is 16.9 Å². The van der Waals surface area contributed by atoms with Crippen molar-refractivity contribution < 1.29 is 9.53 Å². The van der Waals surface area contributed by atoms with Gasteiger partial charge in [-0.2, -0.15) is 0 Å². The molecule has 3 rings (SSSR count). The van der Waals surface area contributed by atoms with Crippen LogP contribution in [0.5, 0.6) is 11.5 Å². The first-order chi connectivity index (χ1) is 13.0. The average Bonchev–Trinajstić information content (AvgIpc) is 2.51. The quantitative estimate of drug-likeness (QED) is 0.626. The Morgan fingerprint density at radius 3 is 2.00 bits per heavy atom. The topological polar surface area (TPSA) is 38.3 Å². The zero-order valence-electron chi connectivity index (χ0n) is 18.1. The summed E-state index contributed by atoms with van der Waals surface area (Å²) in [5.74, 6) is 2.21. The van der Waals surface area contributed by atoms with Gasteiger partial charge in [-0.15, -0.1) is 0 Å². The van der Waals surface area contributed by atoms with Crippen molar-refractivity contribution in [1.29, 1.82) is 0 Å². The van der Waals surface area contributed by atoms with Crippen LogP contribution in [0.25, 0.3) is 0 Å². The van der Waals surface area contributed by atoms with Crippen molar-refractivity contribution in [3.63, 3.8) is 0 Å². The van der Waals surface area contributed by atoms with Crippen LogP contribution in [-0.2, 0) is 0 Å². The van der Waals surface area contributed by atoms with Gasteiger partial charge < -0.3 is 10.1 Å². The van der Waals surface area contributed by atoms with Crippen LogP contribution in [0, 0.1) is 19.8 Å². The number of carbonyl (C=O) groups excluding carboxylic acids is 1. The Kier molecular flexibility index (Phi) is 5.67. The molecule has 2 aromatic rings. The van der Waals surface area contributed by atoms with Crippen LogP contribution in [-0.4, -0.2) is 16.9 Å². The van der Waals surface area contributed by atoms with Crippen molar-refractivity contribution in [1.82, 2.24) is 5.32 Å². The van der Waals surface area contributed by atoms with Gasteiger partial charge in [-0.3, -0.25) is 4.79 Å². The van der Waals surface area contributed by atoms with Crippen molar-refractivity contribution >= 4 is 5.78 Å². The molecule has 3 heteroatoms. The van der Waals surface area contributed by atoms with Gasteiger partial charge in [0.1, 0.15) is 11.5 Å². The molecule has 0 aromatic heterocycles. The normalized spacial score (nSPS) is 18.6. The summed E-state index contributed by atoms with van der Waals surface area (Å²) in [6.45, 7) is 13.0. The van der Waals surface area contributed by atoms with Crippen LogP contribution in [0.1, 0.15) is 68.4 Å². The number of benzene rings is 2. The predicted octanol–water partition coefficient (Wildman–Crippen LogP) is 6.23. The van der Waals surface area contributed by atoms with Crippen LogP contribution in [0.4, 0.5) is 0 Å². The molecule has 0 saturated carbocycles. The summed E-state index contributed by atoms with van der Waals surface area (Å²) >= 11 is 0. The maximum atomic E-state index is 12.8. The Labute approximate surface area is 169 Å². The highest BCUT2D eigenvalue weighted by molar-refractivity contribution is 5.96. The number of ether oxygens (including phenoxy) is 1. The van der Waals surface area contributed by atoms with Gasteiger partial charge in [0, 0.05) is 23.1 Å². The average molecular weight is 380 g/mol. The molecule has 28 heavy (non-hydrogen) atoms. The first-order valence-corrected chi connectivity index (χ1v) is 10.2. The number of ketones is 1. The summed E-state index contributed by atoms with van der Waals surface area (Å²) in [5, 5.41) is 3.69. The van der Waals surface area contributed by atoms with Crippen LogP contribution in [0.2, 0.25) is 0 Å². The zero-order chi connectivity index (χ0) is 20.5. The Hall–Kier alpha value is -2.13. The second-order valence-electron chi connectivity index (χ2n) is 9.74. The van der Waals surface area contributed by atoms with Gasteiger partial charge in [0.2, 0.25) is 0 Å². The highest BCUT2D eigenvalue weighted by Gasteiger charge is 2.38. The number of Topliss-reactive ketones (excluding diaryl/α,β-unsaturated/α-hetero) is 1. The van der Waals surface area contributed by atoms with Gasteiger partial charge in [-0.1, -0.05) is 6.07 Å². The molecule has 2 aromatic carbocycles. The number of hydrogen-bond donors (Lipinski definition) is 1. The molecule has 0 bridgehead atoms. The van der Waals surface area contributed by atoms with Crippen LogP contribution < -0.4 is 10.1 Å². The molecule has 1 aliphatic heterocycles. The van der Waals surface area contributed by atoms with E-state index < -0.39 is 0 Å². The van der Waals surface area contributed by atoms with Crippen molar-refractivity contribution in [3.05, 3.63) is 59.2 Å². The molecule has 1 saturated heterocycles. The molecule has 0 atom stereocenters. The molecule has 1 heterocycles. The summed E-state index contributed by atoms with van der Waals surface area (Å²) in [4.78, 5) is 12.8. The third kappa shape index (κ3) is 5.45. The Bertz CT molecular complexity index is 813. The number of carbonyl (C=O) groups is 1. The van der Waals surface area contributed by atoms with E-state index >= 15 is 0 Å². The number of aryl methyl sites for hydroxylation is 2. The fourth-order valence-electron chi connectivity index (χ4n) is 4.89. The van der Waals surface area contributed by atoms with Crippen LogP contribution in [0.3, 0.4) is 0 Å². The van der Waals surface area contributed by atoms with Crippen molar-refractivity contribution in [3.8, 4) is 11.5 Å². The standard InChI is InChI=1S/C25H33NO2/c1-17-11-18(2)13-22(12-17)28-21-9-7-20(8-10-21)23(27)14-19-15-24(3,4)26-25(5,6)16-19/h7-13,19,26H,14-16H2,1-6H3. The van der Waals surface area contributed by atoms with E-state index in [1.165, 1.54) is 11.1 Å². The molecular formula is C25H33NO2. The number of rotatable bonds is 5. The molecule has 150 valence electrons. The number of hydrogen-bond acceptors (Lipinski definition) is 3. The van der Waals surface area contributed by atoms with Crippen molar-refractivity contribution in [2.45, 2.75) is 71.9 Å². The van der Waals surface area contributed by atoms with E-state index in [1.807, 2.05) is 36.4 Å². The molecule has 0 unspecified atom stereocenters. The molecular weight excluding hydrogens is 346 g/mol. The second-order valence-corrected chi connectivity index (χ2v) is 9.74. The van der Waals surface area contributed by atoms with Crippen LogP contribution >= 0.6 is 0 Å². The minimum Gasteiger partial charge on any atom is -0.457 e. The lowest BCUT2D eigenvalue weighted by atomic mass is 9.74. The Balaban J connectivity index is 1.65. The van der Waals surface area contributed by atoms with Crippen molar-refractivity contribution in [2.75, 3.05) is 0 Å². The van der Waals surface area contributed by atoms with Gasteiger partial charge in [0.25, 0.3) is 0 Å². The molecule has 0 aliphatic carbocycles. The van der Waals surface area contributed by atoms with Gasteiger partial charge in [-0.05, 0) is 108 Å². The predicted molar refractivity (Wildman–Crippen MR) is 115 cm³/mol. The van der Waals surface area contributed by atoms with E-state index in [1.54, 1.807) is 0 Å². The van der Waals surface area contributed by atoms with E-state index in [9.17, 15) is 4.79 Å². The highest BCUT2D eigenvalue weighted by Crippen LogP contribution is 2.35. The van der Waals surface area contributed by atoms with Gasteiger partial charge in [0.05, 0.1) is 0 Å². The zero-order valence-corrected chi connectivity index (χ0v) is 18.1. The van der Waals surface area contributed by atoms with Gasteiger partial charge in [-0.25, -0.2) is 0 Å². The molecule has 1 fully saturated rings. The lowest BCUT2D eigenvalue weighted by Crippen LogP contribution is -2.57. The SMILES string of the molecule is Cc1cc(C)cc(Oc2ccc(C(=O)CC3CC(C)(C)NC(C)(C)C3)cc2)c1. The summed E-state index contributed by atoms with van der Waals surface area (Å²) in [7, 11) is 0. The lowest BCUT2D eigenvalue weighted by Gasteiger charge is -2.46. The third-order valence-electron chi connectivity index (χ3n) is 5.36. The van der Waals surface area contributed by atoms with Crippen LogP contribution in [0.15, 0.2) is 42.5 Å². The lowest BCUT2D eigenvalue weighted by molar-refractivity contribution is 0.0864. The van der Waals surface area contributed by atoms with Gasteiger partial charge in [0.15, 0.2) is 5.78 Å². The first-order valence-electron chi connectivity index (χ1n) is 10.2. The van der Waals surface area contributed by atoms with E-state index in [4.69, 9.17) is 4.74 Å². The largest absolute Gasteiger partial charge is 0.457 e. The molecule has 3 nitrogen and oxygen atoms in total. The molecule has 0 spiro atoms. The molecule has 1 N–H and O–H groups in total. The number of piperidine rings is 1. The minimum atomic E-state index is 0.0658. The Morgan fingerprint density at radius 2 is 1.46 bits per heavy atom. The summed E-state index contributed by atoms with van der Waals surface area (Å²) in [5.41, 5.74) is 3.25. The van der Waals surface area contributed by atoms with Gasteiger partial charge >= 0.3 is 0 Å². The smallest absolute Gasteiger partial charge is 0.163 e. The molecule has 0 amide bonds. The summed E-state index contributed by atoms with van der Waals surface area (Å²) in [6, 6.07) is 13.7. The van der Waals surface area contributed by atoms with E-state index in [0.29, 0.717) is 12.3 Å². The third-order valence-corrected chi connectivity index (χ3v) is 5.36. The van der Waals surface area contributed by atoms with E-state index in [0.717, 1.165) is 29.9 Å². The maximum Gasteiger partial charge on any atom is 0.163 e. The molecule has 0 radical (unpaired) electrons. The summed E-state index contributed by atoms with van der Waals surface area (Å²) < 4.78 is 5.96. The fraction of sp³-hybridized carbons (Fsp3) is 0.480. The maximum absolute atomic E-state index is 12.8. The Morgan fingerprint density at radius 1 is 0.929 bits per heavy atom. The molecule has 1 aliphatic rings. The fourth-order valence-corrected chi connectivity index (χ4v) is 4.89. The minimum absolute atomic E-state index is 0.0658. The van der Waals surface area contributed by atoms with Crippen molar-refractivity contribution in [2.24, 2.45) is 5.92 Å². The first kappa shape index (κ1) is 20.6. The highest BCUT2D eigenvalue weighted by atomic mass is 16.5. The van der Waals surface area contributed by atoms with E-state index in [2.05, 4.69) is 52.9 Å². The second kappa shape index (κ2) is 7.71. The monoisotopic (exact) mass is 379 g/mol. The summed E-state index contributed by atoms with van der Waals surface area (Å²) in [6.07, 6.45) is 2.65.